The van der Waals surface area contributed by atoms with Crippen LogP contribution in [0.15, 0.2) is 72.6 Å². The zero-order chi connectivity index (χ0) is 52.1. The van der Waals surface area contributed by atoms with E-state index in [2.05, 4.69) is 53.8 Å². The smallest absolute Gasteiger partial charge is 1.00 e. The Kier molecular flexibility index (Phi) is 34.4. The van der Waals surface area contributed by atoms with Gasteiger partial charge in [0.15, 0.2) is 0 Å². The number of hydrogen-bond acceptors (Lipinski definition) is 16. The summed E-state index contributed by atoms with van der Waals surface area (Å²) < 4.78 is 39.4. The van der Waals surface area contributed by atoms with Crippen LogP contribution in [0.2, 0.25) is 0 Å². The molecule has 0 bridgehead atoms. The van der Waals surface area contributed by atoms with E-state index < -0.39 is 11.2 Å². The van der Waals surface area contributed by atoms with Gasteiger partial charge in [-0.05, 0) is 178 Å². The standard InChI is InChI=1S/C16H28BNO4.C16H22N2O3.C11H16N2O.C6H6INO.CH2O3.ClH.2K.H/c1-14(2,3)20-13(19)18-10-8-12(9-11-18)17-21-15(4,5)16(6,7)22-17;1-16(2,3)21-15(19)18-10-7-12(8-11-18)13-6-5-9-17-14(13)20-4;1-14-11-10(3-2-6-13-11)9-4-7-12-8-5-9;1-9-6-5(7)3-2-4-8-6;2-1-4-3;;;;/h8H,9-11H2,1-7H3;5-7,9H,8,10-11H2,1-4H3;2-3,6,9,12H,4-5,7-8H2,1H3;2-4H,1H3;1,3H;1H;;;/q;;;;;;2*+1;-1/p-1. The Morgan fingerprint density at radius 1 is 0.767 bits per heavy atom. The fraction of sp³-hybridized carbons (Fsp3) is 0.560. The van der Waals surface area contributed by atoms with Gasteiger partial charge in [0.2, 0.25) is 17.6 Å². The van der Waals surface area contributed by atoms with Crippen LogP contribution < -0.4 is 128 Å². The predicted octanol–water partition coefficient (Wildman–Crippen LogP) is 2.53. The van der Waals surface area contributed by atoms with Gasteiger partial charge in [-0.1, -0.05) is 18.2 Å². The van der Waals surface area contributed by atoms with E-state index in [1.807, 2.05) is 112 Å². The van der Waals surface area contributed by atoms with Crippen LogP contribution in [-0.2, 0) is 28.5 Å². The number of nitrogens with one attached hydrogen (secondary N) is 1. The SMILES string of the molecule is CC(C)(C)OC(=O)N1CC=C(B2OC(C)(C)C(C)(C)O2)CC1.COc1ncccc1C1=CCN(C(=O)OC(C)(C)C)CC1.COc1ncccc1C1CCNCC1.COc1ncccc1I.Cl.O=CO[O-].[H-].[K+].[K+]. The maximum Gasteiger partial charge on any atom is 1.00 e. The molecule has 2 saturated heterocycles. The van der Waals surface area contributed by atoms with E-state index in [0.29, 0.717) is 43.9 Å². The van der Waals surface area contributed by atoms with Crippen molar-refractivity contribution in [1.29, 1.82) is 0 Å². The second-order valence-electron chi connectivity index (χ2n) is 19.3. The van der Waals surface area contributed by atoms with Gasteiger partial charge >= 0.3 is 122 Å². The third-order valence-corrected chi connectivity index (χ3v) is 12.2. The molecule has 0 aliphatic carbocycles. The first kappa shape index (κ1) is 71.5. The molecule has 3 aromatic heterocycles. The van der Waals surface area contributed by atoms with Gasteiger partial charge in [-0.15, -0.1) is 12.4 Å². The monoisotopic (exact) mass is 1200 g/mol. The number of carbonyl (C=O) groups excluding carboxylic acids is 3. The van der Waals surface area contributed by atoms with Gasteiger partial charge < -0.3 is 59.7 Å². The van der Waals surface area contributed by atoms with E-state index in [4.69, 9.17) is 43.0 Å². The van der Waals surface area contributed by atoms with Crippen molar-refractivity contribution in [3.05, 3.63) is 87.3 Å². The Morgan fingerprint density at radius 2 is 1.22 bits per heavy atom. The second kappa shape index (κ2) is 35.1. The summed E-state index contributed by atoms with van der Waals surface area (Å²) in [6.45, 7) is 23.8. The van der Waals surface area contributed by atoms with E-state index in [0.717, 1.165) is 52.0 Å². The molecule has 3 aromatic rings. The number of rotatable bonds is 7. The molecule has 18 nitrogen and oxygen atoms in total. The quantitative estimate of drug-likeness (QED) is 0.119. The van der Waals surface area contributed by atoms with Gasteiger partial charge in [-0.3, -0.25) is 4.79 Å². The number of pyridine rings is 3. The molecule has 0 radical (unpaired) electrons. The number of nitrogens with zero attached hydrogens (tertiary/aromatic N) is 5. The Hall–Kier alpha value is -1.46. The van der Waals surface area contributed by atoms with Crippen molar-refractivity contribution < 1.29 is 162 Å². The molecule has 7 rings (SSSR count). The van der Waals surface area contributed by atoms with Crippen molar-refractivity contribution in [2.24, 2.45) is 0 Å². The van der Waals surface area contributed by atoms with E-state index in [-0.39, 0.29) is 154 Å². The van der Waals surface area contributed by atoms with Crippen molar-refractivity contribution in [2.75, 3.05) is 60.6 Å². The molecule has 0 aromatic carbocycles. The molecule has 2 fully saturated rings. The first-order chi connectivity index (χ1) is 33.0. The van der Waals surface area contributed by atoms with Gasteiger partial charge in [-0.2, -0.15) is 0 Å². The normalized spacial score (nSPS) is 16.6. The minimum Gasteiger partial charge on any atom is -1.00 e. The molecule has 4 aliphatic heterocycles. The molecule has 0 unspecified atom stereocenters. The largest absolute Gasteiger partial charge is 1.00 e. The Balaban J connectivity index is 0. The van der Waals surface area contributed by atoms with Crippen LogP contribution in [0.3, 0.4) is 0 Å². The number of carbonyl (C=O) groups is 3. The number of halogens is 2. The van der Waals surface area contributed by atoms with Crippen molar-refractivity contribution in [2.45, 2.75) is 123 Å². The molecule has 1 N–H and O–H groups in total. The van der Waals surface area contributed by atoms with Crippen LogP contribution in [0, 0.1) is 3.57 Å². The van der Waals surface area contributed by atoms with Crippen LogP contribution in [0.1, 0.15) is 113 Å². The topological polar surface area (TPSA) is 205 Å². The summed E-state index contributed by atoms with van der Waals surface area (Å²) in [5.41, 5.74) is 2.92. The fourth-order valence-corrected chi connectivity index (χ4v) is 7.70. The summed E-state index contributed by atoms with van der Waals surface area (Å²) >= 11 is 2.17. The summed E-state index contributed by atoms with van der Waals surface area (Å²) in [4.78, 5) is 51.1. The third kappa shape index (κ3) is 24.8. The van der Waals surface area contributed by atoms with E-state index in [1.165, 1.54) is 18.4 Å². The van der Waals surface area contributed by atoms with Gasteiger partial charge in [0.25, 0.3) is 6.47 Å². The first-order valence-electron chi connectivity index (χ1n) is 23.2. The molecule has 0 spiro atoms. The van der Waals surface area contributed by atoms with Crippen LogP contribution in [0.25, 0.3) is 5.57 Å². The molecular weight excluding hydrogens is 1130 g/mol. The molecule has 2 amide bonds. The molecule has 73 heavy (non-hydrogen) atoms. The van der Waals surface area contributed by atoms with Gasteiger partial charge in [-0.25, -0.2) is 24.5 Å². The zero-order valence-corrected chi connectivity index (χ0v) is 54.8. The summed E-state index contributed by atoms with van der Waals surface area (Å²) in [6.07, 6.45) is 12.6. The third-order valence-electron chi connectivity index (χ3n) is 11.4. The Labute approximate surface area is 539 Å². The molecule has 0 atom stereocenters. The number of amides is 2. The van der Waals surface area contributed by atoms with Crippen molar-refractivity contribution in [1.82, 2.24) is 30.1 Å². The minimum atomic E-state index is -0.465. The van der Waals surface area contributed by atoms with E-state index in [1.54, 1.807) is 49.7 Å². The summed E-state index contributed by atoms with van der Waals surface area (Å²) in [7, 11) is 4.60. The van der Waals surface area contributed by atoms with Crippen LogP contribution in [0.5, 0.6) is 17.6 Å². The summed E-state index contributed by atoms with van der Waals surface area (Å²) in [5.74, 6) is 2.71. The first-order valence-corrected chi connectivity index (χ1v) is 24.3. The molecule has 396 valence electrons. The maximum atomic E-state index is 12.1. The fourth-order valence-electron chi connectivity index (χ4n) is 7.13. The zero-order valence-electron chi connectivity index (χ0n) is 46.6. The number of hydrogen-bond donors (Lipinski definition) is 1. The van der Waals surface area contributed by atoms with Crippen LogP contribution in [-0.4, -0.2) is 134 Å². The van der Waals surface area contributed by atoms with E-state index in [9.17, 15) is 9.59 Å². The van der Waals surface area contributed by atoms with Crippen molar-refractivity contribution >= 4 is 66.3 Å². The number of methoxy groups -OCH3 is 3. The molecule has 0 saturated carbocycles. The molecule has 23 heteroatoms. The van der Waals surface area contributed by atoms with E-state index >= 15 is 0 Å². The number of ether oxygens (including phenoxy) is 5. The Morgan fingerprint density at radius 3 is 1.63 bits per heavy atom. The molecule has 7 heterocycles. The molecular formula is C50H75BClIK2N6O12. The number of piperidine rings is 1. The minimum absolute atomic E-state index is 0. The van der Waals surface area contributed by atoms with Gasteiger partial charge in [0, 0.05) is 55.9 Å². The van der Waals surface area contributed by atoms with Crippen LogP contribution in [0.4, 0.5) is 9.59 Å². The molecule has 4 aliphatic rings. The Bertz CT molecular complexity index is 2190. The maximum absolute atomic E-state index is 12.1. The summed E-state index contributed by atoms with van der Waals surface area (Å²) in [6, 6.07) is 11.8. The van der Waals surface area contributed by atoms with Crippen LogP contribution >= 0.6 is 35.0 Å². The second-order valence-corrected chi connectivity index (χ2v) is 20.5. The van der Waals surface area contributed by atoms with Gasteiger partial charge in [0.1, 0.15) is 11.2 Å². The average Bonchev–Trinajstić information content (AvgIpc) is 3.56. The summed E-state index contributed by atoms with van der Waals surface area (Å²) in [5, 5.41) is 11.8. The van der Waals surface area contributed by atoms with Crippen molar-refractivity contribution in [3.63, 3.8) is 0 Å². The average molecular weight is 1200 g/mol. The predicted molar refractivity (Wildman–Crippen MR) is 282 cm³/mol. The number of aromatic nitrogens is 3. The van der Waals surface area contributed by atoms with Gasteiger partial charge in [0.05, 0.1) is 36.1 Å². The van der Waals surface area contributed by atoms with Crippen molar-refractivity contribution in [3.8, 4) is 17.6 Å².